The predicted octanol–water partition coefficient (Wildman–Crippen LogP) is 4.52. The van der Waals surface area contributed by atoms with Gasteiger partial charge >= 0.3 is 0 Å². The largest absolute Gasteiger partial charge is 0.351 e. The van der Waals surface area contributed by atoms with Crippen molar-refractivity contribution in [3.8, 4) is 0 Å². The molecule has 148 valence electrons. The number of amides is 2. The molecule has 1 atom stereocenters. The van der Waals surface area contributed by atoms with Crippen molar-refractivity contribution in [1.29, 1.82) is 0 Å². The third kappa shape index (κ3) is 5.78. The Hall–Kier alpha value is -2.92. The number of benzene rings is 3. The summed E-state index contributed by atoms with van der Waals surface area (Å²) in [7, 11) is 0. The number of carbonyl (C=O) groups is 2. The summed E-state index contributed by atoms with van der Waals surface area (Å²) in [6, 6.07) is 27.1. The van der Waals surface area contributed by atoms with Crippen molar-refractivity contribution >= 4 is 27.7 Å². The van der Waals surface area contributed by atoms with Gasteiger partial charge in [0.15, 0.2) is 0 Å². The van der Waals surface area contributed by atoms with Crippen molar-refractivity contribution in [3.63, 3.8) is 0 Å². The Morgan fingerprint density at radius 1 is 0.862 bits per heavy atom. The molecule has 0 saturated heterocycles. The highest BCUT2D eigenvalue weighted by molar-refractivity contribution is 9.10. The predicted molar refractivity (Wildman–Crippen MR) is 119 cm³/mol. The van der Waals surface area contributed by atoms with Gasteiger partial charge < -0.3 is 10.6 Å². The molecule has 3 aromatic rings. The van der Waals surface area contributed by atoms with E-state index in [-0.39, 0.29) is 30.3 Å². The fraction of sp³-hybridized carbons (Fsp3) is 0.167. The highest BCUT2D eigenvalue weighted by Crippen LogP contribution is 2.27. The average molecular weight is 451 g/mol. The molecular weight excluding hydrogens is 428 g/mol. The van der Waals surface area contributed by atoms with Gasteiger partial charge in [-0.2, -0.15) is 0 Å². The Labute approximate surface area is 179 Å². The molecule has 0 aromatic heterocycles. The maximum Gasteiger partial charge on any atom is 0.251 e. The van der Waals surface area contributed by atoms with Gasteiger partial charge in [0, 0.05) is 22.0 Å². The average Bonchev–Trinajstić information content (AvgIpc) is 2.74. The minimum atomic E-state index is -0.281. The molecule has 0 saturated carbocycles. The van der Waals surface area contributed by atoms with E-state index in [1.54, 1.807) is 18.2 Å². The second-order valence-corrected chi connectivity index (χ2v) is 7.76. The molecule has 0 fully saturated rings. The zero-order valence-electron chi connectivity index (χ0n) is 16.1. The molecule has 2 amide bonds. The van der Waals surface area contributed by atoms with Gasteiger partial charge in [0.25, 0.3) is 5.91 Å². The zero-order chi connectivity index (χ0) is 20.6. The summed E-state index contributed by atoms with van der Waals surface area (Å²) < 4.78 is 0.816. The fourth-order valence-electron chi connectivity index (χ4n) is 3.37. The van der Waals surface area contributed by atoms with E-state index in [1.807, 2.05) is 49.4 Å². The van der Waals surface area contributed by atoms with Crippen LogP contribution in [0.1, 0.15) is 34.3 Å². The summed E-state index contributed by atoms with van der Waals surface area (Å²) in [5.41, 5.74) is 2.76. The van der Waals surface area contributed by atoms with Gasteiger partial charge in [0.1, 0.15) is 0 Å². The Morgan fingerprint density at radius 2 is 1.45 bits per heavy atom. The summed E-state index contributed by atoms with van der Waals surface area (Å²) in [6.45, 7) is 1.91. The normalized spacial score (nSPS) is 11.7. The summed E-state index contributed by atoms with van der Waals surface area (Å²) in [6.07, 6.45) is 0. The first-order valence-electron chi connectivity index (χ1n) is 9.47. The van der Waals surface area contributed by atoms with E-state index in [2.05, 4.69) is 50.8 Å². The Bertz CT molecular complexity index is 921. The van der Waals surface area contributed by atoms with Crippen LogP contribution in [-0.4, -0.2) is 24.4 Å². The molecule has 0 heterocycles. The molecule has 0 spiro atoms. The van der Waals surface area contributed by atoms with Crippen molar-refractivity contribution in [1.82, 2.24) is 10.6 Å². The number of carbonyl (C=O) groups excluding carboxylic acids is 2. The van der Waals surface area contributed by atoms with Crippen molar-refractivity contribution < 1.29 is 9.59 Å². The van der Waals surface area contributed by atoms with Crippen LogP contribution in [0.3, 0.4) is 0 Å². The molecule has 2 N–H and O–H groups in total. The summed E-state index contributed by atoms with van der Waals surface area (Å²) in [5, 5.41) is 5.71. The third-order valence-corrected chi connectivity index (χ3v) is 5.20. The molecule has 3 aromatic carbocycles. The van der Waals surface area contributed by atoms with Gasteiger partial charge in [0.2, 0.25) is 5.91 Å². The molecule has 0 bridgehead atoms. The van der Waals surface area contributed by atoms with Crippen LogP contribution in [0.15, 0.2) is 89.4 Å². The number of hydrogen-bond acceptors (Lipinski definition) is 2. The highest BCUT2D eigenvalue weighted by atomic mass is 79.9. The van der Waals surface area contributed by atoms with Gasteiger partial charge in [0.05, 0.1) is 6.54 Å². The van der Waals surface area contributed by atoms with E-state index in [4.69, 9.17) is 0 Å². The zero-order valence-corrected chi connectivity index (χ0v) is 17.7. The van der Waals surface area contributed by atoms with E-state index >= 15 is 0 Å². The van der Waals surface area contributed by atoms with E-state index < -0.39 is 0 Å². The maximum absolute atomic E-state index is 12.5. The van der Waals surface area contributed by atoms with E-state index in [0.717, 1.165) is 15.6 Å². The van der Waals surface area contributed by atoms with Gasteiger partial charge in [-0.3, -0.25) is 9.59 Å². The quantitative estimate of drug-likeness (QED) is 0.555. The first-order chi connectivity index (χ1) is 14.0. The van der Waals surface area contributed by atoms with Crippen LogP contribution >= 0.6 is 15.9 Å². The SMILES string of the molecule is CC(NC(=O)CNC(=O)c1cccc(Br)c1)C(c1ccccc1)c1ccccc1. The third-order valence-electron chi connectivity index (χ3n) is 4.70. The van der Waals surface area contributed by atoms with Crippen molar-refractivity contribution in [2.45, 2.75) is 18.9 Å². The first kappa shape index (κ1) is 20.8. The highest BCUT2D eigenvalue weighted by Gasteiger charge is 2.23. The van der Waals surface area contributed by atoms with Crippen LogP contribution < -0.4 is 10.6 Å². The van der Waals surface area contributed by atoms with Crippen LogP contribution in [0.25, 0.3) is 0 Å². The molecule has 4 nitrogen and oxygen atoms in total. The lowest BCUT2D eigenvalue weighted by atomic mass is 9.86. The van der Waals surface area contributed by atoms with Gasteiger partial charge in [-0.25, -0.2) is 0 Å². The van der Waals surface area contributed by atoms with E-state index in [1.165, 1.54) is 0 Å². The second-order valence-electron chi connectivity index (χ2n) is 6.85. The molecular formula is C24H23BrN2O2. The Kier molecular flexibility index (Phi) is 7.19. The standard InChI is InChI=1S/C24H23BrN2O2/c1-17(23(18-9-4-2-5-10-18)19-11-6-3-7-12-19)27-22(28)16-26-24(29)20-13-8-14-21(25)15-20/h2-15,17,23H,16H2,1H3,(H,26,29)(H,27,28). The van der Waals surface area contributed by atoms with Crippen LogP contribution in [0.5, 0.6) is 0 Å². The summed E-state index contributed by atoms with van der Waals surface area (Å²) in [5.74, 6) is -0.489. The smallest absolute Gasteiger partial charge is 0.251 e. The molecule has 1 unspecified atom stereocenters. The minimum Gasteiger partial charge on any atom is -0.351 e. The number of hydrogen-bond donors (Lipinski definition) is 2. The van der Waals surface area contributed by atoms with E-state index in [9.17, 15) is 9.59 Å². The second kappa shape index (κ2) is 10.0. The lowest BCUT2D eigenvalue weighted by Gasteiger charge is -2.26. The molecule has 5 heteroatoms. The van der Waals surface area contributed by atoms with Crippen LogP contribution in [-0.2, 0) is 4.79 Å². The van der Waals surface area contributed by atoms with Gasteiger partial charge in [-0.05, 0) is 36.2 Å². The summed E-state index contributed by atoms with van der Waals surface area (Å²) in [4.78, 5) is 24.7. The lowest BCUT2D eigenvalue weighted by Crippen LogP contribution is -2.43. The number of nitrogens with one attached hydrogen (secondary N) is 2. The number of halogens is 1. The van der Waals surface area contributed by atoms with Gasteiger partial charge in [-0.1, -0.05) is 82.7 Å². The summed E-state index contributed by atoms with van der Waals surface area (Å²) >= 11 is 3.34. The van der Waals surface area contributed by atoms with Crippen LogP contribution in [0.4, 0.5) is 0 Å². The molecule has 0 aliphatic carbocycles. The molecule has 0 aliphatic rings. The number of rotatable bonds is 7. The van der Waals surface area contributed by atoms with Crippen molar-refractivity contribution in [3.05, 3.63) is 106 Å². The van der Waals surface area contributed by atoms with Crippen molar-refractivity contribution in [2.24, 2.45) is 0 Å². The van der Waals surface area contributed by atoms with Crippen LogP contribution in [0, 0.1) is 0 Å². The fourth-order valence-corrected chi connectivity index (χ4v) is 3.77. The lowest BCUT2D eigenvalue weighted by molar-refractivity contribution is -0.120. The van der Waals surface area contributed by atoms with E-state index in [0.29, 0.717) is 5.56 Å². The molecule has 29 heavy (non-hydrogen) atoms. The Balaban J connectivity index is 1.65. The van der Waals surface area contributed by atoms with Crippen molar-refractivity contribution in [2.75, 3.05) is 6.54 Å². The maximum atomic E-state index is 12.5. The molecule has 3 rings (SSSR count). The van der Waals surface area contributed by atoms with Gasteiger partial charge in [-0.15, -0.1) is 0 Å². The first-order valence-corrected chi connectivity index (χ1v) is 10.3. The van der Waals surface area contributed by atoms with Crippen LogP contribution in [0.2, 0.25) is 0 Å². The molecule has 0 aliphatic heterocycles. The minimum absolute atomic E-state index is 0.0159. The topological polar surface area (TPSA) is 58.2 Å². The monoisotopic (exact) mass is 450 g/mol. The molecule has 0 radical (unpaired) electrons. The Morgan fingerprint density at radius 3 is 2.00 bits per heavy atom.